The van der Waals surface area contributed by atoms with Crippen molar-refractivity contribution in [1.82, 2.24) is 10.2 Å². The summed E-state index contributed by atoms with van der Waals surface area (Å²) in [6.45, 7) is 6.10. The van der Waals surface area contributed by atoms with E-state index in [4.69, 9.17) is 11.6 Å². The highest BCUT2D eigenvalue weighted by Gasteiger charge is 2.37. The van der Waals surface area contributed by atoms with Gasteiger partial charge in [-0.1, -0.05) is 66.6 Å². The zero-order valence-electron chi connectivity index (χ0n) is 23.7. The molecule has 7 nitrogen and oxygen atoms in total. The number of rotatable bonds is 11. The predicted octanol–water partition coefficient (Wildman–Crippen LogP) is 6.19. The van der Waals surface area contributed by atoms with Crippen molar-refractivity contribution in [2.45, 2.75) is 63.8 Å². The van der Waals surface area contributed by atoms with E-state index in [0.717, 1.165) is 17.7 Å². The molecule has 0 aromatic heterocycles. The lowest BCUT2D eigenvalue weighted by Crippen LogP contribution is -2.53. The van der Waals surface area contributed by atoms with E-state index < -0.39 is 56.9 Å². The van der Waals surface area contributed by atoms with E-state index in [0.29, 0.717) is 15.9 Å². The maximum Gasteiger partial charge on any atom is 0.417 e. The van der Waals surface area contributed by atoms with Crippen LogP contribution in [-0.2, 0) is 32.3 Å². The van der Waals surface area contributed by atoms with Gasteiger partial charge in [0.2, 0.25) is 11.8 Å². The van der Waals surface area contributed by atoms with Crippen molar-refractivity contribution < 1.29 is 31.2 Å². The molecule has 3 aromatic carbocycles. The summed E-state index contributed by atoms with van der Waals surface area (Å²) >= 11 is 5.81. The zero-order valence-corrected chi connectivity index (χ0v) is 25.2. The molecule has 12 heteroatoms. The number of carbonyl (C=O) groups excluding carboxylic acids is 2. The molecule has 0 aliphatic carbocycles. The summed E-state index contributed by atoms with van der Waals surface area (Å²) in [4.78, 5) is 28.2. The van der Waals surface area contributed by atoms with E-state index in [1.807, 2.05) is 0 Å². The maximum absolute atomic E-state index is 14.0. The molecule has 0 spiro atoms. The van der Waals surface area contributed by atoms with Crippen LogP contribution in [0, 0.1) is 6.92 Å². The SMILES string of the molecule is CC[C@H](C(=O)NC(C)C)N(Cc1ccccc1)C(=O)CN(c1ccc(Cl)c(C(F)(F)F)c1)S(=O)(=O)c1ccc(C)cc1. The van der Waals surface area contributed by atoms with Gasteiger partial charge >= 0.3 is 6.18 Å². The number of anilines is 1. The normalized spacial score (nSPS) is 12.6. The third-order valence-electron chi connectivity index (χ3n) is 6.44. The molecular formula is C30H33ClF3N3O4S. The Morgan fingerprint density at radius 3 is 2.14 bits per heavy atom. The van der Waals surface area contributed by atoms with Gasteiger partial charge in [-0.3, -0.25) is 13.9 Å². The van der Waals surface area contributed by atoms with E-state index in [9.17, 15) is 31.2 Å². The van der Waals surface area contributed by atoms with Crippen LogP contribution in [0.1, 0.15) is 43.9 Å². The lowest BCUT2D eigenvalue weighted by molar-refractivity contribution is -0.140. The highest BCUT2D eigenvalue weighted by atomic mass is 35.5. The summed E-state index contributed by atoms with van der Waals surface area (Å²) in [6, 6.07) is 16.0. The van der Waals surface area contributed by atoms with Gasteiger partial charge in [0.25, 0.3) is 10.0 Å². The van der Waals surface area contributed by atoms with E-state index in [-0.39, 0.29) is 23.9 Å². The molecule has 0 aliphatic rings. The molecule has 0 heterocycles. The van der Waals surface area contributed by atoms with Crippen molar-refractivity contribution in [3.63, 3.8) is 0 Å². The van der Waals surface area contributed by atoms with Gasteiger partial charge in [-0.2, -0.15) is 13.2 Å². The number of nitrogens with zero attached hydrogens (tertiary/aromatic N) is 2. The molecule has 0 aliphatic heterocycles. The number of halogens is 4. The predicted molar refractivity (Wildman–Crippen MR) is 157 cm³/mol. The van der Waals surface area contributed by atoms with Crippen molar-refractivity contribution in [2.24, 2.45) is 0 Å². The summed E-state index contributed by atoms with van der Waals surface area (Å²) in [5.74, 6) is -1.21. The molecule has 1 N–H and O–H groups in total. The van der Waals surface area contributed by atoms with E-state index in [1.165, 1.54) is 17.0 Å². The Bertz CT molecular complexity index is 1500. The third-order valence-corrected chi connectivity index (χ3v) is 8.56. The van der Waals surface area contributed by atoms with Crippen LogP contribution in [0.3, 0.4) is 0 Å². The minimum atomic E-state index is -4.88. The largest absolute Gasteiger partial charge is 0.417 e. The molecule has 3 rings (SSSR count). The molecule has 226 valence electrons. The van der Waals surface area contributed by atoms with Crippen LogP contribution in [0.2, 0.25) is 5.02 Å². The first-order valence-corrected chi connectivity index (χ1v) is 15.1. The number of hydrogen-bond acceptors (Lipinski definition) is 4. The van der Waals surface area contributed by atoms with Crippen LogP contribution in [0.25, 0.3) is 0 Å². The van der Waals surface area contributed by atoms with Gasteiger partial charge in [-0.05, 0) is 63.1 Å². The van der Waals surface area contributed by atoms with Crippen LogP contribution in [0.15, 0.2) is 77.7 Å². The van der Waals surface area contributed by atoms with Gasteiger partial charge in [-0.15, -0.1) is 0 Å². The number of benzene rings is 3. The highest BCUT2D eigenvalue weighted by molar-refractivity contribution is 7.92. The number of nitrogens with one attached hydrogen (secondary N) is 1. The highest BCUT2D eigenvalue weighted by Crippen LogP contribution is 2.38. The lowest BCUT2D eigenvalue weighted by atomic mass is 10.1. The number of carbonyl (C=O) groups is 2. The van der Waals surface area contributed by atoms with Gasteiger partial charge in [0.1, 0.15) is 12.6 Å². The average molecular weight is 624 g/mol. The average Bonchev–Trinajstić information content (AvgIpc) is 2.91. The number of sulfonamides is 1. The molecule has 42 heavy (non-hydrogen) atoms. The second-order valence-corrected chi connectivity index (χ2v) is 12.4. The second kappa shape index (κ2) is 13.6. The summed E-state index contributed by atoms with van der Waals surface area (Å²) in [7, 11) is -4.54. The number of alkyl halides is 3. The summed E-state index contributed by atoms with van der Waals surface area (Å²) in [6.07, 6.45) is -4.67. The van der Waals surface area contributed by atoms with Crippen LogP contribution in [0.4, 0.5) is 18.9 Å². The molecule has 0 fully saturated rings. The fourth-order valence-corrected chi connectivity index (χ4v) is 5.96. The van der Waals surface area contributed by atoms with Gasteiger partial charge in [-0.25, -0.2) is 8.42 Å². The molecule has 0 unspecified atom stereocenters. The number of aryl methyl sites for hydroxylation is 1. The topological polar surface area (TPSA) is 86.8 Å². The van der Waals surface area contributed by atoms with E-state index in [1.54, 1.807) is 70.2 Å². The molecule has 1 atom stereocenters. The monoisotopic (exact) mass is 623 g/mol. The quantitative estimate of drug-likeness (QED) is 0.276. The van der Waals surface area contributed by atoms with Crippen LogP contribution in [0.5, 0.6) is 0 Å². The molecule has 0 saturated carbocycles. The van der Waals surface area contributed by atoms with Gasteiger partial charge in [0, 0.05) is 12.6 Å². The van der Waals surface area contributed by atoms with E-state index >= 15 is 0 Å². The van der Waals surface area contributed by atoms with Crippen molar-refractivity contribution in [2.75, 3.05) is 10.8 Å². The first-order chi connectivity index (χ1) is 19.6. The molecule has 0 saturated heterocycles. The van der Waals surface area contributed by atoms with Gasteiger partial charge in [0.05, 0.1) is 21.2 Å². The summed E-state index contributed by atoms with van der Waals surface area (Å²) in [5, 5.41) is 2.17. The van der Waals surface area contributed by atoms with Crippen LogP contribution in [-0.4, -0.2) is 43.8 Å². The number of amides is 2. The fraction of sp³-hybridized carbons (Fsp3) is 0.333. The van der Waals surface area contributed by atoms with Crippen LogP contribution >= 0.6 is 11.6 Å². The second-order valence-electron chi connectivity index (χ2n) is 10.1. The maximum atomic E-state index is 14.0. The van der Waals surface area contributed by atoms with Crippen LogP contribution < -0.4 is 9.62 Å². The first kappa shape index (κ1) is 32.9. The third kappa shape index (κ3) is 8.04. The molecule has 0 bridgehead atoms. The zero-order chi connectivity index (χ0) is 31.2. The standard InChI is InChI=1S/C30H33ClF3N3O4S/c1-5-27(29(39)35-20(2)3)36(18-22-9-7-6-8-10-22)28(38)19-37(42(40,41)24-14-11-21(4)12-15-24)23-13-16-26(31)25(17-23)30(32,33)34/h6-17,20,27H,5,18-19H2,1-4H3,(H,35,39)/t27-/m1/s1. The smallest absolute Gasteiger partial charge is 0.352 e. The van der Waals surface area contributed by atoms with Crippen molar-refractivity contribution in [1.29, 1.82) is 0 Å². The van der Waals surface area contributed by atoms with Crippen molar-refractivity contribution in [3.8, 4) is 0 Å². The van der Waals surface area contributed by atoms with Crippen molar-refractivity contribution >= 4 is 39.1 Å². The molecule has 2 amide bonds. The van der Waals surface area contributed by atoms with Crippen molar-refractivity contribution in [3.05, 3.63) is 94.5 Å². The molecular weight excluding hydrogens is 591 g/mol. The Labute approximate surface area is 249 Å². The molecule has 0 radical (unpaired) electrons. The minimum Gasteiger partial charge on any atom is -0.352 e. The Kier molecular flexibility index (Phi) is 10.7. The summed E-state index contributed by atoms with van der Waals surface area (Å²) < 4.78 is 69.7. The van der Waals surface area contributed by atoms with Gasteiger partial charge in [0.15, 0.2) is 0 Å². The first-order valence-electron chi connectivity index (χ1n) is 13.2. The Balaban J connectivity index is 2.14. The van der Waals surface area contributed by atoms with Gasteiger partial charge < -0.3 is 10.2 Å². The summed E-state index contributed by atoms with van der Waals surface area (Å²) in [5.41, 5.74) is -0.207. The fourth-order valence-electron chi connectivity index (χ4n) is 4.33. The minimum absolute atomic E-state index is 0.0312. The lowest BCUT2D eigenvalue weighted by Gasteiger charge is -2.33. The Morgan fingerprint density at radius 2 is 1.60 bits per heavy atom. The van der Waals surface area contributed by atoms with E-state index in [2.05, 4.69) is 5.32 Å². The Morgan fingerprint density at radius 1 is 0.976 bits per heavy atom. The Hall–Kier alpha value is -3.57. The number of hydrogen-bond donors (Lipinski definition) is 1. The molecule has 3 aromatic rings.